The van der Waals surface area contributed by atoms with E-state index in [-0.39, 0.29) is 11.3 Å². The van der Waals surface area contributed by atoms with E-state index in [1.54, 1.807) is 4.68 Å². The summed E-state index contributed by atoms with van der Waals surface area (Å²) in [5, 5.41) is 4.19. The van der Waals surface area contributed by atoms with Crippen molar-refractivity contribution in [1.82, 2.24) is 14.7 Å². The Bertz CT molecular complexity index is 460. The molecule has 0 saturated carbocycles. The maximum atomic E-state index is 12.4. The number of rotatable bonds is 2. The molecule has 0 bridgehead atoms. The Hall–Kier alpha value is -1.36. The van der Waals surface area contributed by atoms with E-state index in [0.29, 0.717) is 5.92 Å². The first-order valence-corrected chi connectivity index (χ1v) is 6.82. The first-order chi connectivity index (χ1) is 8.79. The molecule has 2 rings (SSSR count). The molecule has 0 aliphatic carbocycles. The second-order valence-electron chi connectivity index (χ2n) is 6.56. The van der Waals surface area contributed by atoms with Gasteiger partial charge in [-0.2, -0.15) is 5.10 Å². The van der Waals surface area contributed by atoms with Crippen LogP contribution >= 0.6 is 0 Å². The number of aromatic nitrogens is 2. The Morgan fingerprint density at radius 2 is 2.21 bits per heavy atom. The predicted molar refractivity (Wildman–Crippen MR) is 74.6 cm³/mol. The maximum absolute atomic E-state index is 12.4. The van der Waals surface area contributed by atoms with E-state index in [1.165, 1.54) is 5.56 Å². The zero-order valence-corrected chi connectivity index (χ0v) is 12.3. The van der Waals surface area contributed by atoms with Gasteiger partial charge in [0.05, 0.1) is 12.2 Å². The molecule has 0 radical (unpaired) electrons. The van der Waals surface area contributed by atoms with E-state index >= 15 is 0 Å². The fraction of sp³-hybridized carbons (Fsp3) is 0.714. The first kappa shape index (κ1) is 14.1. The smallest absolute Gasteiger partial charge is 0.240 e. The quantitative estimate of drug-likeness (QED) is 0.870. The third kappa shape index (κ3) is 2.97. The summed E-state index contributed by atoms with van der Waals surface area (Å²) in [7, 11) is 1.91. The topological polar surface area (TPSA) is 64.2 Å². The van der Waals surface area contributed by atoms with E-state index in [4.69, 9.17) is 5.73 Å². The minimum atomic E-state index is -0.430. The van der Waals surface area contributed by atoms with Crippen LogP contribution < -0.4 is 5.73 Å². The molecule has 0 spiro atoms. The van der Waals surface area contributed by atoms with Crippen LogP contribution in [0.25, 0.3) is 0 Å². The van der Waals surface area contributed by atoms with Crippen LogP contribution in [-0.4, -0.2) is 39.7 Å². The Labute approximate surface area is 114 Å². The van der Waals surface area contributed by atoms with Gasteiger partial charge in [0.15, 0.2) is 0 Å². The highest BCUT2D eigenvalue weighted by molar-refractivity contribution is 5.82. The van der Waals surface area contributed by atoms with Crippen molar-refractivity contribution >= 4 is 5.91 Å². The average Bonchev–Trinajstić information content (AvgIpc) is 2.94. The number of likely N-dealkylation sites (tertiary alicyclic amines) is 1. The number of hydrogen-bond donors (Lipinski definition) is 1. The van der Waals surface area contributed by atoms with Gasteiger partial charge in [0, 0.05) is 32.3 Å². The minimum Gasteiger partial charge on any atom is -0.341 e. The highest BCUT2D eigenvalue weighted by Gasteiger charge is 2.35. The standard InChI is InChI=1S/C14H24N4O/c1-14(2,3)12(15)13(19)18-6-5-10(9-18)11-7-16-17(4)8-11/h7-8,10,12H,5-6,9,15H2,1-4H3/t10?,12-/m1/s1. The van der Waals surface area contributed by atoms with Crippen LogP contribution in [0.1, 0.15) is 38.7 Å². The molecule has 1 unspecified atom stereocenters. The first-order valence-electron chi connectivity index (χ1n) is 6.82. The van der Waals surface area contributed by atoms with Gasteiger partial charge in [0.1, 0.15) is 0 Å². The summed E-state index contributed by atoms with van der Waals surface area (Å²) in [6, 6.07) is -0.430. The van der Waals surface area contributed by atoms with Crippen molar-refractivity contribution in [3.63, 3.8) is 0 Å². The number of nitrogens with zero attached hydrogens (tertiary/aromatic N) is 3. The third-order valence-corrected chi connectivity index (χ3v) is 3.90. The summed E-state index contributed by atoms with van der Waals surface area (Å²) in [4.78, 5) is 14.3. The number of amides is 1. The lowest BCUT2D eigenvalue weighted by atomic mass is 9.86. The summed E-state index contributed by atoms with van der Waals surface area (Å²) < 4.78 is 1.81. The van der Waals surface area contributed by atoms with Gasteiger partial charge in [-0.05, 0) is 17.4 Å². The number of hydrogen-bond acceptors (Lipinski definition) is 3. The van der Waals surface area contributed by atoms with Crippen molar-refractivity contribution in [1.29, 1.82) is 0 Å². The van der Waals surface area contributed by atoms with Crippen LogP contribution in [0.15, 0.2) is 12.4 Å². The van der Waals surface area contributed by atoms with Crippen LogP contribution in [0.2, 0.25) is 0 Å². The Balaban J connectivity index is 2.00. The molecule has 1 aliphatic heterocycles. The van der Waals surface area contributed by atoms with Gasteiger partial charge in [-0.25, -0.2) is 0 Å². The molecule has 2 N–H and O–H groups in total. The van der Waals surface area contributed by atoms with Gasteiger partial charge in [-0.1, -0.05) is 20.8 Å². The molecule has 106 valence electrons. The molecule has 1 fully saturated rings. The molecular formula is C14H24N4O. The normalized spacial score (nSPS) is 21.7. The van der Waals surface area contributed by atoms with Gasteiger partial charge in [0.25, 0.3) is 0 Å². The number of carbonyl (C=O) groups is 1. The van der Waals surface area contributed by atoms with Crippen LogP contribution in [0.5, 0.6) is 0 Å². The van der Waals surface area contributed by atoms with Crippen LogP contribution in [-0.2, 0) is 11.8 Å². The average molecular weight is 264 g/mol. The number of aryl methyl sites for hydroxylation is 1. The Morgan fingerprint density at radius 3 is 2.74 bits per heavy atom. The molecular weight excluding hydrogens is 240 g/mol. The van der Waals surface area contributed by atoms with Gasteiger partial charge in [-0.3, -0.25) is 9.48 Å². The largest absolute Gasteiger partial charge is 0.341 e. The van der Waals surface area contributed by atoms with Crippen molar-refractivity contribution in [3.8, 4) is 0 Å². The summed E-state index contributed by atoms with van der Waals surface area (Å²) in [5.74, 6) is 0.462. The lowest BCUT2D eigenvalue weighted by molar-refractivity contribution is -0.133. The number of carbonyl (C=O) groups excluding carboxylic acids is 1. The fourth-order valence-corrected chi connectivity index (χ4v) is 2.45. The molecule has 1 aliphatic rings. The van der Waals surface area contributed by atoms with E-state index in [2.05, 4.69) is 5.10 Å². The molecule has 1 aromatic heterocycles. The van der Waals surface area contributed by atoms with E-state index < -0.39 is 6.04 Å². The second-order valence-corrected chi connectivity index (χ2v) is 6.56. The highest BCUT2D eigenvalue weighted by Crippen LogP contribution is 2.28. The lowest BCUT2D eigenvalue weighted by Crippen LogP contribution is -2.49. The Morgan fingerprint density at radius 1 is 1.53 bits per heavy atom. The molecule has 5 heteroatoms. The van der Waals surface area contributed by atoms with Gasteiger partial charge < -0.3 is 10.6 Å². The maximum Gasteiger partial charge on any atom is 0.240 e. The summed E-state index contributed by atoms with van der Waals surface area (Å²) in [6.45, 7) is 7.56. The van der Waals surface area contributed by atoms with E-state index in [1.807, 2.05) is 45.1 Å². The van der Waals surface area contributed by atoms with Crippen LogP contribution in [0, 0.1) is 5.41 Å². The van der Waals surface area contributed by atoms with E-state index in [9.17, 15) is 4.79 Å². The number of nitrogens with two attached hydrogens (primary N) is 1. The summed E-state index contributed by atoms with van der Waals surface area (Å²) in [5.41, 5.74) is 7.07. The highest BCUT2D eigenvalue weighted by atomic mass is 16.2. The molecule has 0 aromatic carbocycles. The fourth-order valence-electron chi connectivity index (χ4n) is 2.45. The minimum absolute atomic E-state index is 0.0684. The molecule has 1 aromatic rings. The second kappa shape index (κ2) is 4.96. The lowest BCUT2D eigenvalue weighted by Gasteiger charge is -2.29. The van der Waals surface area contributed by atoms with Crippen LogP contribution in [0.3, 0.4) is 0 Å². The predicted octanol–water partition coefficient (Wildman–Crippen LogP) is 1.11. The SMILES string of the molecule is Cn1cc(C2CCN(C(=O)[C@@H](N)C(C)(C)C)C2)cn1. The zero-order chi connectivity index (χ0) is 14.2. The van der Waals surface area contributed by atoms with Crippen molar-refractivity contribution in [2.24, 2.45) is 18.2 Å². The van der Waals surface area contributed by atoms with Crippen molar-refractivity contribution in [3.05, 3.63) is 18.0 Å². The van der Waals surface area contributed by atoms with Gasteiger partial charge in [-0.15, -0.1) is 0 Å². The van der Waals surface area contributed by atoms with Crippen molar-refractivity contribution in [2.75, 3.05) is 13.1 Å². The van der Waals surface area contributed by atoms with Crippen molar-refractivity contribution < 1.29 is 4.79 Å². The molecule has 19 heavy (non-hydrogen) atoms. The van der Waals surface area contributed by atoms with E-state index in [0.717, 1.165) is 19.5 Å². The third-order valence-electron chi connectivity index (χ3n) is 3.90. The van der Waals surface area contributed by atoms with Gasteiger partial charge in [0.2, 0.25) is 5.91 Å². The summed E-state index contributed by atoms with van der Waals surface area (Å²) >= 11 is 0. The molecule has 1 saturated heterocycles. The van der Waals surface area contributed by atoms with Crippen LogP contribution in [0.4, 0.5) is 0 Å². The zero-order valence-electron chi connectivity index (χ0n) is 12.3. The monoisotopic (exact) mass is 264 g/mol. The molecule has 5 nitrogen and oxygen atoms in total. The molecule has 2 heterocycles. The van der Waals surface area contributed by atoms with Gasteiger partial charge >= 0.3 is 0 Å². The van der Waals surface area contributed by atoms with Crippen molar-refractivity contribution in [2.45, 2.75) is 39.2 Å². The molecule has 2 atom stereocenters. The summed E-state index contributed by atoms with van der Waals surface area (Å²) in [6.07, 6.45) is 4.92. The Kier molecular flexibility index (Phi) is 3.67. The molecule has 1 amide bonds.